The third-order valence-electron chi connectivity index (χ3n) is 4.90. The number of nitrogens with zero attached hydrogens (tertiary/aromatic N) is 1. The lowest BCUT2D eigenvalue weighted by atomic mass is 9.97. The lowest BCUT2D eigenvalue weighted by Crippen LogP contribution is -2.42. The number of hydrogen-bond donors (Lipinski definition) is 4. The lowest BCUT2D eigenvalue weighted by molar-refractivity contribution is 0.0669. The molecule has 1 atom stereocenters. The number of aromatic nitrogens is 1. The topological polar surface area (TPSA) is 95.8 Å². The molecule has 1 heterocycles. The predicted octanol–water partition coefficient (Wildman–Crippen LogP) is 4.36. The number of fused-ring (bicyclic) bond motifs is 1. The first-order valence-electron chi connectivity index (χ1n) is 9.60. The van der Waals surface area contributed by atoms with Gasteiger partial charge in [-0.2, -0.15) is 0 Å². The first-order valence-corrected chi connectivity index (χ1v) is 10.4. The fourth-order valence-electron chi connectivity index (χ4n) is 3.63. The summed E-state index contributed by atoms with van der Waals surface area (Å²) in [7, 11) is 0. The van der Waals surface area contributed by atoms with Crippen molar-refractivity contribution in [3.05, 3.63) is 47.8 Å². The molecule has 6 nitrogen and oxygen atoms in total. The number of hydrogen-bond acceptors (Lipinski definition) is 5. The van der Waals surface area contributed by atoms with Crippen molar-refractivity contribution in [3.8, 4) is 0 Å². The molecular weight excluding hydrogens is 370 g/mol. The Labute approximate surface area is 169 Å². The number of allylic oxidation sites excluding steroid dienone is 1. The van der Waals surface area contributed by atoms with Crippen LogP contribution in [0.15, 0.2) is 42.1 Å². The highest BCUT2D eigenvalue weighted by Crippen LogP contribution is 2.24. The monoisotopic (exact) mass is 397 g/mol. The summed E-state index contributed by atoms with van der Waals surface area (Å²) in [6.07, 6.45) is 4.78. The summed E-state index contributed by atoms with van der Waals surface area (Å²) < 4.78 is 0. The maximum absolute atomic E-state index is 13.1. The predicted molar refractivity (Wildman–Crippen MR) is 117 cm³/mol. The quantitative estimate of drug-likeness (QED) is 0.431. The first kappa shape index (κ1) is 20.2. The van der Waals surface area contributed by atoms with Crippen molar-refractivity contribution in [1.82, 2.24) is 15.2 Å². The van der Waals surface area contributed by atoms with Crippen molar-refractivity contribution in [2.75, 3.05) is 13.1 Å². The van der Waals surface area contributed by atoms with E-state index >= 15 is 0 Å². The van der Waals surface area contributed by atoms with E-state index in [1.165, 1.54) is 11.8 Å². The van der Waals surface area contributed by atoms with Crippen molar-refractivity contribution in [1.29, 1.82) is 10.8 Å². The number of rotatable bonds is 6. The van der Waals surface area contributed by atoms with Crippen LogP contribution in [0, 0.1) is 10.8 Å². The minimum atomic E-state index is 0.0349. The van der Waals surface area contributed by atoms with Crippen LogP contribution in [0.3, 0.4) is 0 Å². The summed E-state index contributed by atoms with van der Waals surface area (Å²) in [5, 5.41) is 20.6. The van der Waals surface area contributed by atoms with E-state index in [1.54, 1.807) is 6.92 Å². The number of aromatic amines is 1. The van der Waals surface area contributed by atoms with Gasteiger partial charge in [0.25, 0.3) is 5.91 Å². The van der Waals surface area contributed by atoms with Crippen LogP contribution in [0.2, 0.25) is 0 Å². The molecule has 1 aliphatic rings. The number of carbonyl (C=O) groups is 1. The molecule has 0 spiro atoms. The zero-order valence-electron chi connectivity index (χ0n) is 16.3. The fourth-order valence-corrected chi connectivity index (χ4v) is 4.14. The number of thioether (sulfide) groups is 1. The second kappa shape index (κ2) is 9.10. The number of amides is 1. The summed E-state index contributed by atoms with van der Waals surface area (Å²) in [4.78, 5) is 18.3. The summed E-state index contributed by atoms with van der Waals surface area (Å²) in [5.41, 5.74) is 2.68. The Morgan fingerprint density at radius 2 is 2.14 bits per heavy atom. The molecule has 2 aromatic rings. The minimum absolute atomic E-state index is 0.0349. The molecule has 7 heteroatoms. The average Bonchev–Trinajstić information content (AvgIpc) is 3.11. The molecule has 1 amide bonds. The van der Waals surface area contributed by atoms with Crippen LogP contribution < -0.4 is 5.32 Å². The maximum atomic E-state index is 13.1. The molecule has 3 rings (SSSR count). The van der Waals surface area contributed by atoms with E-state index in [2.05, 4.69) is 16.4 Å². The van der Waals surface area contributed by atoms with Crippen LogP contribution in [0.4, 0.5) is 0 Å². The van der Waals surface area contributed by atoms with Crippen molar-refractivity contribution in [3.63, 3.8) is 0 Å². The Kier molecular flexibility index (Phi) is 6.57. The smallest absolute Gasteiger partial charge is 0.270 e. The van der Waals surface area contributed by atoms with Gasteiger partial charge < -0.3 is 15.2 Å². The molecular formula is C21H27N5OS. The average molecular weight is 398 g/mol. The van der Waals surface area contributed by atoms with Crippen LogP contribution >= 0.6 is 11.8 Å². The van der Waals surface area contributed by atoms with Crippen LogP contribution in [-0.4, -0.2) is 45.0 Å². The highest BCUT2D eigenvalue weighted by Gasteiger charge is 2.27. The SMILES string of the molecule is CCN(C(=O)c1cc2ccccc2[nH]1)[C@H]1CCC=C(NCC(=N)SC(C)=N)C1. The molecule has 28 heavy (non-hydrogen) atoms. The molecule has 0 saturated heterocycles. The maximum Gasteiger partial charge on any atom is 0.270 e. The zero-order valence-corrected chi connectivity index (χ0v) is 17.2. The summed E-state index contributed by atoms with van der Waals surface area (Å²) in [6, 6.07) is 10.00. The molecule has 1 aromatic carbocycles. The van der Waals surface area contributed by atoms with E-state index in [9.17, 15) is 4.79 Å². The van der Waals surface area contributed by atoms with Crippen LogP contribution in [0.5, 0.6) is 0 Å². The van der Waals surface area contributed by atoms with Crippen LogP contribution in [0.1, 0.15) is 43.6 Å². The Bertz CT molecular complexity index is 883. The van der Waals surface area contributed by atoms with Gasteiger partial charge in [-0.3, -0.25) is 15.6 Å². The number of nitrogens with one attached hydrogen (secondary N) is 4. The second-order valence-electron chi connectivity index (χ2n) is 6.96. The van der Waals surface area contributed by atoms with Crippen molar-refractivity contribution in [2.24, 2.45) is 0 Å². The van der Waals surface area contributed by atoms with Crippen LogP contribution in [0.25, 0.3) is 10.9 Å². The minimum Gasteiger partial charge on any atom is -0.382 e. The summed E-state index contributed by atoms with van der Waals surface area (Å²) in [5.74, 6) is 0.0349. The molecule has 4 N–H and O–H groups in total. The molecule has 0 bridgehead atoms. The Hall–Kier alpha value is -2.54. The van der Waals surface area contributed by atoms with Gasteiger partial charge in [0.1, 0.15) is 5.69 Å². The van der Waals surface area contributed by atoms with E-state index in [1.807, 2.05) is 42.2 Å². The fraction of sp³-hybridized carbons (Fsp3) is 0.381. The number of benzene rings is 1. The van der Waals surface area contributed by atoms with Gasteiger partial charge in [0.2, 0.25) is 0 Å². The lowest BCUT2D eigenvalue weighted by Gasteiger charge is -2.33. The van der Waals surface area contributed by atoms with Gasteiger partial charge in [-0.05, 0) is 38.8 Å². The molecule has 0 saturated carbocycles. The standard InChI is InChI=1S/C21H27N5OS/c1-3-26(21(27)19-11-15-7-4-5-10-18(15)25-19)17-9-6-8-16(12-17)24-13-20(23)28-14(2)22/h4-5,7-8,10-11,17,22-25H,3,6,9,12-13H2,1-2H3/t17-/m0/s1. The second-order valence-corrected chi connectivity index (χ2v) is 8.27. The highest BCUT2D eigenvalue weighted by atomic mass is 32.2. The van der Waals surface area contributed by atoms with Gasteiger partial charge in [0.05, 0.1) is 16.6 Å². The molecule has 148 valence electrons. The number of carbonyl (C=O) groups excluding carboxylic acids is 1. The zero-order chi connectivity index (χ0) is 20.1. The van der Waals surface area contributed by atoms with E-state index in [-0.39, 0.29) is 11.9 Å². The Balaban J connectivity index is 1.65. The molecule has 0 unspecified atom stereocenters. The molecule has 1 aromatic heterocycles. The van der Waals surface area contributed by atoms with E-state index in [0.29, 0.717) is 28.9 Å². The summed E-state index contributed by atoms with van der Waals surface area (Å²) in [6.45, 7) is 4.78. The first-order chi connectivity index (χ1) is 13.5. The van der Waals surface area contributed by atoms with E-state index in [0.717, 1.165) is 35.9 Å². The van der Waals surface area contributed by atoms with Crippen molar-refractivity contribution >= 4 is 38.7 Å². The van der Waals surface area contributed by atoms with E-state index < -0.39 is 0 Å². The van der Waals surface area contributed by atoms with Crippen LogP contribution in [-0.2, 0) is 0 Å². The third kappa shape index (κ3) is 4.84. The van der Waals surface area contributed by atoms with E-state index in [4.69, 9.17) is 10.8 Å². The molecule has 0 aliphatic heterocycles. The van der Waals surface area contributed by atoms with Gasteiger partial charge in [-0.25, -0.2) is 0 Å². The Morgan fingerprint density at radius 3 is 2.86 bits per heavy atom. The number of para-hydroxylation sites is 1. The van der Waals surface area contributed by atoms with Gasteiger partial charge in [0.15, 0.2) is 0 Å². The van der Waals surface area contributed by atoms with Gasteiger partial charge in [0, 0.05) is 35.6 Å². The number of H-pyrrole nitrogens is 1. The van der Waals surface area contributed by atoms with Gasteiger partial charge in [-0.1, -0.05) is 36.0 Å². The van der Waals surface area contributed by atoms with Crippen molar-refractivity contribution < 1.29 is 4.79 Å². The normalized spacial score (nSPS) is 16.5. The third-order valence-corrected chi connectivity index (χ3v) is 5.60. The molecule has 1 aliphatic carbocycles. The van der Waals surface area contributed by atoms with Gasteiger partial charge >= 0.3 is 0 Å². The molecule has 0 radical (unpaired) electrons. The highest BCUT2D eigenvalue weighted by molar-refractivity contribution is 8.26. The molecule has 0 fully saturated rings. The Morgan fingerprint density at radius 1 is 1.36 bits per heavy atom. The summed E-state index contributed by atoms with van der Waals surface area (Å²) >= 11 is 1.17. The van der Waals surface area contributed by atoms with Gasteiger partial charge in [-0.15, -0.1) is 0 Å². The largest absolute Gasteiger partial charge is 0.382 e. The van der Waals surface area contributed by atoms with Crippen molar-refractivity contribution in [2.45, 2.75) is 39.2 Å².